The molecule has 0 saturated heterocycles. The molecule has 0 unspecified atom stereocenters. The third kappa shape index (κ3) is 5.21. The molecule has 0 aliphatic heterocycles. The van der Waals surface area contributed by atoms with Gasteiger partial charge in [-0.05, 0) is 24.3 Å². The van der Waals surface area contributed by atoms with Crippen LogP contribution in [0.1, 0.15) is 44.1 Å². The molecule has 1 aromatic carbocycles. The highest BCUT2D eigenvalue weighted by Crippen LogP contribution is 2.28. The van der Waals surface area contributed by atoms with Crippen LogP contribution in [-0.4, -0.2) is 28.4 Å². The van der Waals surface area contributed by atoms with Gasteiger partial charge in [0.05, 0.1) is 6.42 Å². The van der Waals surface area contributed by atoms with E-state index in [9.17, 15) is 9.59 Å². The summed E-state index contributed by atoms with van der Waals surface area (Å²) in [5.74, 6) is -0.283. The second-order valence-corrected chi connectivity index (χ2v) is 5.80. The van der Waals surface area contributed by atoms with Crippen molar-refractivity contribution < 1.29 is 14.7 Å². The summed E-state index contributed by atoms with van der Waals surface area (Å²) in [4.78, 5) is 24.9. The Kier molecular flexibility index (Phi) is 5.78. The van der Waals surface area contributed by atoms with Gasteiger partial charge in [0, 0.05) is 19.5 Å². The summed E-state index contributed by atoms with van der Waals surface area (Å²) in [5.41, 5.74) is 1.04. The van der Waals surface area contributed by atoms with Crippen LogP contribution in [0.3, 0.4) is 0 Å². The number of rotatable bonds is 7. The van der Waals surface area contributed by atoms with Crippen molar-refractivity contribution in [2.24, 2.45) is 5.92 Å². The smallest absolute Gasteiger partial charge is 0.305 e. The van der Waals surface area contributed by atoms with Crippen molar-refractivity contribution in [2.75, 3.05) is 6.54 Å². The molecule has 0 heterocycles. The minimum atomic E-state index is -0.860. The number of carbonyl (C=O) groups is 2. The number of carboxylic acids is 1. The Morgan fingerprint density at radius 1 is 1.14 bits per heavy atom. The zero-order valence-electron chi connectivity index (χ0n) is 12.3. The molecule has 1 aliphatic carbocycles. The van der Waals surface area contributed by atoms with Crippen molar-refractivity contribution in [3.8, 4) is 0 Å². The number of aliphatic carboxylic acids is 1. The molecule has 1 fully saturated rings. The van der Waals surface area contributed by atoms with Crippen LogP contribution in [0, 0.1) is 5.92 Å². The lowest BCUT2D eigenvalue weighted by Crippen LogP contribution is -2.33. The van der Waals surface area contributed by atoms with E-state index in [0.717, 1.165) is 18.4 Å². The number of benzene rings is 1. The Hall–Kier alpha value is -1.84. The molecule has 1 aromatic rings. The van der Waals surface area contributed by atoms with Crippen molar-refractivity contribution in [1.29, 1.82) is 0 Å². The average Bonchev–Trinajstić information content (AvgIpc) is 2.97. The predicted molar refractivity (Wildman–Crippen MR) is 80.7 cm³/mol. The minimum Gasteiger partial charge on any atom is -0.481 e. The summed E-state index contributed by atoms with van der Waals surface area (Å²) in [6.45, 7) is 0.787. The molecule has 0 atom stereocenters. The second kappa shape index (κ2) is 7.81. The van der Waals surface area contributed by atoms with E-state index in [1.54, 1.807) is 4.90 Å². The first-order valence-corrected chi connectivity index (χ1v) is 7.68. The van der Waals surface area contributed by atoms with Gasteiger partial charge in [-0.2, -0.15) is 0 Å². The topological polar surface area (TPSA) is 57.6 Å². The first-order valence-electron chi connectivity index (χ1n) is 7.68. The van der Waals surface area contributed by atoms with Crippen LogP contribution in [0.15, 0.2) is 30.3 Å². The average molecular weight is 289 g/mol. The molecule has 0 radical (unpaired) electrons. The first-order chi connectivity index (χ1) is 10.1. The molecule has 2 rings (SSSR count). The largest absolute Gasteiger partial charge is 0.481 e. The quantitative estimate of drug-likeness (QED) is 0.839. The summed E-state index contributed by atoms with van der Waals surface area (Å²) in [6, 6.07) is 9.75. The van der Waals surface area contributed by atoms with Gasteiger partial charge >= 0.3 is 5.97 Å². The summed E-state index contributed by atoms with van der Waals surface area (Å²) < 4.78 is 0. The summed E-state index contributed by atoms with van der Waals surface area (Å²) >= 11 is 0. The maximum atomic E-state index is 12.4. The van der Waals surface area contributed by atoms with Gasteiger partial charge in [0.25, 0.3) is 0 Å². The lowest BCUT2D eigenvalue weighted by atomic mass is 10.0. The SMILES string of the molecule is O=C(O)CCN(Cc1ccccc1)C(=O)CC1CCCC1. The zero-order valence-corrected chi connectivity index (χ0v) is 12.3. The standard InChI is InChI=1S/C17H23NO3/c19-16(12-14-6-4-5-7-14)18(11-10-17(20)21)13-15-8-2-1-3-9-15/h1-3,8-9,14H,4-7,10-13H2,(H,20,21). The number of carbonyl (C=O) groups excluding carboxylic acids is 1. The third-order valence-corrected chi connectivity index (χ3v) is 4.10. The first kappa shape index (κ1) is 15.5. The molecule has 21 heavy (non-hydrogen) atoms. The van der Waals surface area contributed by atoms with Crippen molar-refractivity contribution in [2.45, 2.75) is 45.1 Å². The molecule has 4 heteroatoms. The fourth-order valence-corrected chi connectivity index (χ4v) is 2.92. The maximum absolute atomic E-state index is 12.4. The highest BCUT2D eigenvalue weighted by atomic mass is 16.4. The van der Waals surface area contributed by atoms with Gasteiger partial charge in [0.15, 0.2) is 0 Å². The van der Waals surface area contributed by atoms with Gasteiger partial charge in [0.2, 0.25) is 5.91 Å². The maximum Gasteiger partial charge on any atom is 0.305 e. The molecule has 1 saturated carbocycles. The zero-order chi connectivity index (χ0) is 15.1. The van der Waals surface area contributed by atoms with Crippen LogP contribution in [0.25, 0.3) is 0 Å². The van der Waals surface area contributed by atoms with Gasteiger partial charge in [-0.1, -0.05) is 43.2 Å². The predicted octanol–water partition coefficient (Wildman–Crippen LogP) is 3.07. The van der Waals surface area contributed by atoms with Crippen LogP contribution >= 0.6 is 0 Å². The van der Waals surface area contributed by atoms with Gasteiger partial charge in [-0.15, -0.1) is 0 Å². The van der Waals surface area contributed by atoms with Gasteiger partial charge in [-0.3, -0.25) is 9.59 Å². The van der Waals surface area contributed by atoms with Crippen LogP contribution in [0.5, 0.6) is 0 Å². The lowest BCUT2D eigenvalue weighted by Gasteiger charge is -2.23. The van der Waals surface area contributed by atoms with Gasteiger partial charge in [0.1, 0.15) is 0 Å². The normalized spacial score (nSPS) is 15.0. The van der Waals surface area contributed by atoms with Crippen molar-refractivity contribution in [1.82, 2.24) is 4.90 Å². The number of hydrogen-bond acceptors (Lipinski definition) is 2. The second-order valence-electron chi connectivity index (χ2n) is 5.80. The fraction of sp³-hybridized carbons (Fsp3) is 0.529. The molecular formula is C17H23NO3. The molecule has 0 spiro atoms. The molecule has 1 amide bonds. The fourth-order valence-electron chi connectivity index (χ4n) is 2.92. The van der Waals surface area contributed by atoms with Crippen molar-refractivity contribution >= 4 is 11.9 Å². The van der Waals surface area contributed by atoms with Crippen LogP contribution in [-0.2, 0) is 16.1 Å². The van der Waals surface area contributed by atoms with Crippen molar-refractivity contribution in [3.05, 3.63) is 35.9 Å². The molecule has 114 valence electrons. The van der Waals surface area contributed by atoms with Crippen LogP contribution in [0.2, 0.25) is 0 Å². The Balaban J connectivity index is 1.96. The Morgan fingerprint density at radius 3 is 2.43 bits per heavy atom. The molecule has 1 N–H and O–H groups in total. The molecule has 4 nitrogen and oxygen atoms in total. The lowest BCUT2D eigenvalue weighted by molar-refractivity contribution is -0.139. The van der Waals surface area contributed by atoms with E-state index in [2.05, 4.69) is 0 Å². The number of carboxylic acid groups (broad SMARTS) is 1. The monoisotopic (exact) mass is 289 g/mol. The summed E-state index contributed by atoms with van der Waals surface area (Å²) in [6.07, 6.45) is 5.25. The molecule has 0 bridgehead atoms. The van der Waals surface area contributed by atoms with E-state index in [1.807, 2.05) is 30.3 Å². The van der Waals surface area contributed by atoms with E-state index in [0.29, 0.717) is 18.9 Å². The number of amides is 1. The number of hydrogen-bond donors (Lipinski definition) is 1. The van der Waals surface area contributed by atoms with E-state index in [4.69, 9.17) is 5.11 Å². The third-order valence-electron chi connectivity index (χ3n) is 4.10. The van der Waals surface area contributed by atoms with Gasteiger partial charge < -0.3 is 10.0 Å². The number of nitrogens with zero attached hydrogens (tertiary/aromatic N) is 1. The highest BCUT2D eigenvalue weighted by Gasteiger charge is 2.22. The molecule has 0 aromatic heterocycles. The Morgan fingerprint density at radius 2 is 1.81 bits per heavy atom. The highest BCUT2D eigenvalue weighted by molar-refractivity contribution is 5.77. The van der Waals surface area contributed by atoms with Crippen LogP contribution in [0.4, 0.5) is 0 Å². The van der Waals surface area contributed by atoms with Gasteiger partial charge in [-0.25, -0.2) is 0 Å². The van der Waals surface area contributed by atoms with Crippen LogP contribution < -0.4 is 0 Å². The van der Waals surface area contributed by atoms with E-state index in [1.165, 1.54) is 12.8 Å². The van der Waals surface area contributed by atoms with E-state index >= 15 is 0 Å². The Bertz CT molecular complexity index is 466. The summed E-state index contributed by atoms with van der Waals surface area (Å²) in [7, 11) is 0. The van der Waals surface area contributed by atoms with E-state index in [-0.39, 0.29) is 18.9 Å². The van der Waals surface area contributed by atoms with Crippen molar-refractivity contribution in [3.63, 3.8) is 0 Å². The Labute approximate surface area is 125 Å². The summed E-state index contributed by atoms with van der Waals surface area (Å²) in [5, 5.41) is 8.86. The van der Waals surface area contributed by atoms with E-state index < -0.39 is 5.97 Å². The molecule has 1 aliphatic rings. The minimum absolute atomic E-state index is 0.00321. The molecular weight excluding hydrogens is 266 g/mol.